The van der Waals surface area contributed by atoms with Crippen LogP contribution in [-0.2, 0) is 44.0 Å². The molecule has 7 aliphatic carbocycles. The van der Waals surface area contributed by atoms with Crippen LogP contribution in [0.5, 0.6) is 57.5 Å². The lowest BCUT2D eigenvalue weighted by Gasteiger charge is -2.27. The van der Waals surface area contributed by atoms with E-state index in [9.17, 15) is 5.11 Å². The van der Waals surface area contributed by atoms with E-state index < -0.39 is 6.10 Å². The molecule has 18 nitrogen and oxygen atoms in total. The normalized spacial score (nSPS) is 22.9. The van der Waals surface area contributed by atoms with Gasteiger partial charge in [0.25, 0.3) is 0 Å². The minimum atomic E-state index is -0.764. The molecule has 16 atom stereocenters. The molecule has 0 radical (unpaired) electrons. The molecule has 10 aromatic carbocycles. The summed E-state index contributed by atoms with van der Waals surface area (Å²) in [7, 11) is 0. The van der Waals surface area contributed by atoms with Crippen LogP contribution in [-0.4, -0.2) is 166 Å². The summed E-state index contributed by atoms with van der Waals surface area (Å²) < 4.78 is 91.6. The third-order valence-corrected chi connectivity index (χ3v) is 28.4. The van der Waals surface area contributed by atoms with Gasteiger partial charge in [0.1, 0.15) is 166 Å². The Hall–Kier alpha value is -10.1. The van der Waals surface area contributed by atoms with Crippen molar-refractivity contribution in [1.29, 1.82) is 0 Å². The Morgan fingerprint density at radius 3 is 0.660 bits per heavy atom. The molecule has 7 saturated carbocycles. The highest BCUT2D eigenvalue weighted by atomic mass is 16.6. The predicted molar refractivity (Wildman–Crippen MR) is 612 cm³/mol. The topological polar surface area (TPSA) is 200 Å². The molecule has 7 aliphatic heterocycles. The molecule has 14 aliphatic rings. The van der Waals surface area contributed by atoms with Crippen LogP contribution < -0.4 is 47.4 Å². The maximum Gasteiger partial charge on any atom is 0.122 e. The van der Waals surface area contributed by atoms with Crippen molar-refractivity contribution < 1.29 is 85.6 Å². The van der Waals surface area contributed by atoms with Gasteiger partial charge in [-0.1, -0.05) is 302 Å². The zero-order valence-corrected chi connectivity index (χ0v) is 93.9. The number of epoxide rings is 7. The number of rotatable bonds is 34. The molecule has 4 bridgehead atoms. The second kappa shape index (κ2) is 68.1. The molecule has 0 aromatic heterocycles. The largest absolute Gasteiger partial charge is 0.493 e. The molecule has 24 rings (SSSR count). The molecule has 18 heteroatoms. The number of benzene rings is 10. The van der Waals surface area contributed by atoms with Crippen LogP contribution in [0.2, 0.25) is 0 Å². The summed E-state index contributed by atoms with van der Waals surface area (Å²) in [5.41, 5.74) is 7.96. The Bertz CT molecular complexity index is 4680. The van der Waals surface area contributed by atoms with Gasteiger partial charge in [-0.2, -0.15) is 0 Å². The number of ether oxygens (including phenoxy) is 17. The van der Waals surface area contributed by atoms with Crippen LogP contribution in [0, 0.1) is 74.0 Å². The van der Waals surface area contributed by atoms with Crippen LogP contribution in [0.4, 0.5) is 0 Å². The van der Waals surface area contributed by atoms with E-state index in [2.05, 4.69) is 116 Å². The van der Waals surface area contributed by atoms with Crippen LogP contribution in [0.3, 0.4) is 0 Å². The van der Waals surface area contributed by atoms with E-state index in [1.807, 2.05) is 276 Å². The first-order valence-electron chi connectivity index (χ1n) is 56.8. The average molecular weight is 2060 g/mol. The first kappa shape index (κ1) is 123. The summed E-state index contributed by atoms with van der Waals surface area (Å²) in [6.07, 6.45) is 25.7. The fraction of sp³-hybridized carbons (Fsp3) is 0.545. The molecule has 16 unspecified atom stereocenters. The van der Waals surface area contributed by atoms with Gasteiger partial charge in [0.15, 0.2) is 0 Å². The smallest absolute Gasteiger partial charge is 0.122 e. The zero-order chi connectivity index (χ0) is 106. The van der Waals surface area contributed by atoms with Gasteiger partial charge in [-0.05, 0) is 293 Å². The molecular formula is C132H188O18. The summed E-state index contributed by atoms with van der Waals surface area (Å²) >= 11 is 0. The highest BCUT2D eigenvalue weighted by Crippen LogP contribution is 2.60. The molecule has 150 heavy (non-hydrogen) atoms. The first-order valence-corrected chi connectivity index (χ1v) is 56.8. The maximum atomic E-state index is 10.5. The molecule has 0 amide bonds. The lowest BCUT2D eigenvalue weighted by Crippen LogP contribution is -2.25. The van der Waals surface area contributed by atoms with Crippen molar-refractivity contribution in [3.8, 4) is 57.5 Å². The lowest BCUT2D eigenvalue weighted by atomic mass is 9.78. The van der Waals surface area contributed by atoms with Gasteiger partial charge in [-0.15, -0.1) is 0 Å². The molecule has 824 valence electrons. The number of para-hydroxylation sites is 6. The summed E-state index contributed by atoms with van der Waals surface area (Å²) in [4.78, 5) is 0. The van der Waals surface area contributed by atoms with Gasteiger partial charge in [0.05, 0.1) is 52.9 Å². The van der Waals surface area contributed by atoms with Crippen molar-refractivity contribution in [3.05, 3.63) is 300 Å². The van der Waals surface area contributed by atoms with Gasteiger partial charge in [0, 0.05) is 10.8 Å². The zero-order valence-electron chi connectivity index (χ0n) is 93.9. The standard InChI is InChI=1S/C40H46O6.3C10H12O2.2C10H16.3C9H10O2.2C3H8.4C2H6.CH4/c1-39(2,29-7-15-34(16-8-29)42-23-28-5-6-28)30-9-17-35(18-10-30)43-24-33(41)25-44-36-19-11-31(12-20-36)40(3,4)32-13-21-37(22-14-32)45-26-38-27-46-38;3*1-8-4-2-3-5-10(8)12-7-9-6-11-9;2*1-2-9-7-4-5-8(6-7)10(9)3-1;3*1-2-4-8(5-3-1)10-6-9-7-11-9;2*1-3-2;4*1-2;/h7-22,28,33,38,41H,5-6,23-27H2,1-4H3;3*2-5,9H,6-7H2,1H3;2*7-10H,1-6H2;3*1-5,9H,6-7H2;2*3H2,1-2H3;4*1-2H3;1H4. The highest BCUT2D eigenvalue weighted by Gasteiger charge is 2.50. The van der Waals surface area contributed by atoms with Crippen LogP contribution in [0.1, 0.15) is 260 Å². The second-order valence-corrected chi connectivity index (χ2v) is 41.1. The molecule has 1 N–H and O–H groups in total. The predicted octanol–water partition coefficient (Wildman–Crippen LogP) is 30.7. The molecule has 7 heterocycles. The fourth-order valence-electron chi connectivity index (χ4n) is 19.3. The summed E-state index contributed by atoms with van der Waals surface area (Å²) in [6, 6.07) is 86.3. The van der Waals surface area contributed by atoms with Gasteiger partial charge < -0.3 is 85.6 Å². The van der Waals surface area contributed by atoms with Gasteiger partial charge in [-0.25, -0.2) is 0 Å². The van der Waals surface area contributed by atoms with E-state index in [4.69, 9.17) is 80.5 Å². The number of hydrogen-bond donors (Lipinski definition) is 1. The van der Waals surface area contributed by atoms with Gasteiger partial charge in [0.2, 0.25) is 0 Å². The van der Waals surface area contributed by atoms with Gasteiger partial charge in [-0.3, -0.25) is 0 Å². The quantitative estimate of drug-likeness (QED) is 0.0373. The monoisotopic (exact) mass is 2060 g/mol. The van der Waals surface area contributed by atoms with E-state index in [0.717, 1.165) is 105 Å². The Balaban J connectivity index is 0.000000199. The van der Waals surface area contributed by atoms with Crippen molar-refractivity contribution >= 4 is 0 Å². The summed E-state index contributed by atoms with van der Waals surface area (Å²) in [6.45, 7) is 51.2. The Morgan fingerprint density at radius 2 is 0.447 bits per heavy atom. The van der Waals surface area contributed by atoms with Crippen molar-refractivity contribution in [1.82, 2.24) is 0 Å². The minimum Gasteiger partial charge on any atom is -0.493 e. The highest BCUT2D eigenvalue weighted by molar-refractivity contribution is 5.44. The van der Waals surface area contributed by atoms with Crippen molar-refractivity contribution in [2.75, 3.05) is 112 Å². The number of hydrogen-bond acceptors (Lipinski definition) is 18. The summed E-state index contributed by atoms with van der Waals surface area (Å²) in [5, 5.41) is 10.5. The Labute approximate surface area is 904 Å². The molecule has 14 fully saturated rings. The number of aliphatic hydroxyl groups excluding tert-OH is 1. The average Bonchev–Trinajstić information content (AvgIpc) is 1.62. The first-order chi connectivity index (χ1) is 72.8. The van der Waals surface area contributed by atoms with E-state index in [0.29, 0.717) is 94.4 Å². The van der Waals surface area contributed by atoms with Crippen molar-refractivity contribution in [2.24, 2.45) is 53.3 Å². The SMILES string of the molecule is C.C1CC2C3CCC(C3)C2C1.C1CC2C3CCC(C3)C2C1.CC.CC.CC.CC.CC(C)(c1ccc(OCC(O)COc2ccc(C(C)(C)c3ccc(OCC4CO4)cc3)cc2)cc1)c1ccc(OCC2CC2)cc1.CCC.CCC.Cc1ccccc1OCC1CO1.Cc1ccccc1OCC1CO1.Cc1ccccc1OCC1CO1.c1ccc(OCC2CO2)cc1.c1ccc(OCC2CO2)cc1.c1ccc(OCC2CO2)cc1. The third-order valence-electron chi connectivity index (χ3n) is 28.4. The second-order valence-electron chi connectivity index (χ2n) is 41.1. The lowest BCUT2D eigenvalue weighted by molar-refractivity contribution is 0.0626. The number of fused-ring (bicyclic) bond motifs is 10. The molecular weight excluding hydrogens is 1870 g/mol. The van der Waals surface area contributed by atoms with Gasteiger partial charge >= 0.3 is 0 Å². The van der Waals surface area contributed by atoms with E-state index in [-0.39, 0.29) is 37.6 Å². The maximum absolute atomic E-state index is 10.5. The van der Waals surface area contributed by atoms with Crippen molar-refractivity contribution in [3.63, 3.8) is 0 Å². The number of aliphatic hydroxyl groups is 1. The Morgan fingerprint density at radius 1 is 0.253 bits per heavy atom. The fourth-order valence-corrected chi connectivity index (χ4v) is 19.3. The van der Waals surface area contributed by atoms with Crippen molar-refractivity contribution in [2.45, 2.75) is 301 Å². The van der Waals surface area contributed by atoms with E-state index >= 15 is 0 Å². The van der Waals surface area contributed by atoms with E-state index in [1.54, 1.807) is 77.0 Å². The molecule has 0 spiro atoms. The molecule has 7 saturated heterocycles. The van der Waals surface area contributed by atoms with E-state index in [1.165, 1.54) is 112 Å². The molecule has 10 aromatic rings. The van der Waals surface area contributed by atoms with Crippen LogP contribution in [0.15, 0.2) is 261 Å². The Kier molecular flexibility index (Phi) is 56.0. The van der Waals surface area contributed by atoms with Crippen LogP contribution in [0.25, 0.3) is 0 Å². The minimum absolute atomic E-state index is 0. The summed E-state index contributed by atoms with van der Waals surface area (Å²) in [5.74, 6) is 19.2. The third kappa shape index (κ3) is 45.3. The van der Waals surface area contributed by atoms with Crippen LogP contribution >= 0.6 is 0 Å². The number of aryl methyl sites for hydroxylation is 3.